The van der Waals surface area contributed by atoms with Crippen molar-refractivity contribution in [2.45, 2.75) is 0 Å². The van der Waals surface area contributed by atoms with Gasteiger partial charge in [0.25, 0.3) is 0 Å². The predicted molar refractivity (Wildman–Crippen MR) is 164 cm³/mol. The first kappa shape index (κ1) is 21.8. The van der Waals surface area contributed by atoms with Crippen LogP contribution in [0.5, 0.6) is 0 Å². The topological polar surface area (TPSA) is 59.4 Å². The first-order valence-corrected chi connectivity index (χ1v) is 13.3. The first-order chi connectivity index (χ1) is 20.2. The predicted octanol–water partition coefficient (Wildman–Crippen LogP) is 10.2. The average molecular weight is 524 g/mol. The van der Waals surface area contributed by atoms with Gasteiger partial charge in [-0.05, 0) is 48.5 Å². The summed E-state index contributed by atoms with van der Waals surface area (Å²) in [6.45, 7) is 7.69. The molecule has 6 aromatic carbocycles. The van der Waals surface area contributed by atoms with Gasteiger partial charge in [0.2, 0.25) is 0 Å². The van der Waals surface area contributed by atoms with Crippen molar-refractivity contribution >= 4 is 82.1 Å². The minimum atomic E-state index is 0.419. The van der Waals surface area contributed by atoms with Crippen LogP contribution in [0.15, 0.2) is 112 Å². The number of nitrogens with zero attached hydrogens (tertiary/aromatic N) is 3. The summed E-state index contributed by atoms with van der Waals surface area (Å²) in [5, 5.41) is 18.1. The van der Waals surface area contributed by atoms with Gasteiger partial charge in [-0.2, -0.15) is 5.26 Å². The second kappa shape index (κ2) is 7.76. The molecule has 41 heavy (non-hydrogen) atoms. The molecule has 0 aliphatic carbocycles. The highest BCUT2D eigenvalue weighted by Crippen LogP contribution is 2.49. The van der Waals surface area contributed by atoms with E-state index in [4.69, 9.17) is 15.4 Å². The molecule has 0 aliphatic rings. The summed E-state index contributed by atoms with van der Waals surface area (Å²) in [4.78, 5) is 3.67. The van der Waals surface area contributed by atoms with E-state index in [2.05, 4.69) is 45.8 Å². The van der Waals surface area contributed by atoms with Gasteiger partial charge in [-0.25, -0.2) is 4.85 Å². The number of para-hydroxylation sites is 3. The number of aromatic nitrogens is 1. The van der Waals surface area contributed by atoms with Crippen molar-refractivity contribution in [3.63, 3.8) is 0 Å². The highest BCUT2D eigenvalue weighted by atomic mass is 16.3. The molecule has 188 valence electrons. The number of benzene rings is 6. The monoisotopic (exact) mass is 523 g/mol. The zero-order chi connectivity index (χ0) is 27.2. The van der Waals surface area contributed by atoms with Crippen LogP contribution in [0.4, 0.5) is 5.69 Å². The summed E-state index contributed by atoms with van der Waals surface area (Å²) in [7, 11) is 0. The van der Waals surface area contributed by atoms with Gasteiger partial charge in [0.15, 0.2) is 5.69 Å². The molecule has 0 radical (unpaired) electrons. The molecule has 0 spiro atoms. The van der Waals surface area contributed by atoms with Gasteiger partial charge >= 0.3 is 0 Å². The van der Waals surface area contributed by atoms with Crippen LogP contribution in [0, 0.1) is 17.9 Å². The van der Waals surface area contributed by atoms with Gasteiger partial charge in [-0.1, -0.05) is 54.6 Å². The zero-order valence-electron chi connectivity index (χ0n) is 21.5. The summed E-state index contributed by atoms with van der Waals surface area (Å²) in [5.74, 6) is 0. The van der Waals surface area contributed by atoms with E-state index in [0.29, 0.717) is 11.3 Å². The molecular formula is C36H17N3O2. The van der Waals surface area contributed by atoms with Crippen LogP contribution in [0.3, 0.4) is 0 Å². The normalized spacial score (nSPS) is 11.9. The number of hydrogen-bond donors (Lipinski definition) is 0. The molecule has 5 heteroatoms. The lowest BCUT2D eigenvalue weighted by molar-refractivity contribution is 0.669. The Morgan fingerprint density at radius 3 is 2.12 bits per heavy atom. The fraction of sp³-hybridized carbons (Fsp3) is 0. The maximum absolute atomic E-state index is 9.81. The van der Waals surface area contributed by atoms with Crippen molar-refractivity contribution in [1.82, 2.24) is 4.57 Å². The maximum Gasteiger partial charge on any atom is 0.190 e. The van der Waals surface area contributed by atoms with Gasteiger partial charge in [0.1, 0.15) is 22.3 Å². The molecule has 0 aliphatic heterocycles. The number of rotatable bonds is 1. The SMILES string of the molecule is [C-]#[N+]c1cc(C#N)cc(-n2c3ccccc3c3c4oc5ccccc5c4c4c(ccc5oc6ccccc6c54)c32)c1. The second-order valence-electron chi connectivity index (χ2n) is 10.3. The van der Waals surface area contributed by atoms with Crippen molar-refractivity contribution in [2.24, 2.45) is 0 Å². The molecule has 9 aromatic rings. The fourth-order valence-electron chi connectivity index (χ4n) is 6.59. The largest absolute Gasteiger partial charge is 0.456 e. The van der Waals surface area contributed by atoms with Crippen molar-refractivity contribution in [1.29, 1.82) is 5.26 Å². The van der Waals surface area contributed by atoms with Crippen LogP contribution >= 0.6 is 0 Å². The Morgan fingerprint density at radius 2 is 1.34 bits per heavy atom. The number of hydrogen-bond acceptors (Lipinski definition) is 3. The van der Waals surface area contributed by atoms with E-state index >= 15 is 0 Å². The Morgan fingerprint density at radius 1 is 0.634 bits per heavy atom. The third kappa shape index (κ3) is 2.77. The van der Waals surface area contributed by atoms with Gasteiger partial charge < -0.3 is 13.4 Å². The van der Waals surface area contributed by atoms with Crippen molar-refractivity contribution in [3.05, 3.63) is 120 Å². The Labute approximate surface area is 232 Å². The number of nitriles is 1. The summed E-state index contributed by atoms with van der Waals surface area (Å²) < 4.78 is 15.2. The smallest absolute Gasteiger partial charge is 0.190 e. The standard InChI is InChI=1S/C36H17N3O2/c1-38-21-16-20(19-37)17-22(18-21)39-27-11-5-2-8-23(27)34-35(39)26-14-15-30-31(24-9-3-6-12-28(24)40-30)32(26)33-25-10-4-7-13-29(25)41-36(33)34/h2-18H. The summed E-state index contributed by atoms with van der Waals surface area (Å²) in [6, 6.07) is 36.3. The maximum atomic E-state index is 9.81. The first-order valence-electron chi connectivity index (χ1n) is 13.3. The van der Waals surface area contributed by atoms with E-state index in [9.17, 15) is 5.26 Å². The van der Waals surface area contributed by atoms with E-state index in [1.807, 2.05) is 66.7 Å². The van der Waals surface area contributed by atoms with Crippen LogP contribution in [0.1, 0.15) is 5.56 Å². The molecule has 0 saturated carbocycles. The van der Waals surface area contributed by atoms with Gasteiger partial charge in [-0.3, -0.25) is 0 Å². The minimum absolute atomic E-state index is 0.419. The van der Waals surface area contributed by atoms with E-state index in [-0.39, 0.29) is 0 Å². The van der Waals surface area contributed by atoms with Gasteiger partial charge in [0.05, 0.1) is 29.1 Å². The zero-order valence-corrected chi connectivity index (χ0v) is 21.5. The third-order valence-corrected chi connectivity index (χ3v) is 8.16. The fourth-order valence-corrected chi connectivity index (χ4v) is 6.59. The van der Waals surface area contributed by atoms with Crippen molar-refractivity contribution < 1.29 is 8.83 Å². The molecule has 0 atom stereocenters. The number of fused-ring (bicyclic) bond motifs is 14. The summed E-state index contributed by atoms with van der Waals surface area (Å²) >= 11 is 0. The van der Waals surface area contributed by atoms with Gasteiger partial charge in [-0.15, -0.1) is 0 Å². The molecule has 0 saturated heterocycles. The molecule has 0 amide bonds. The Kier molecular flexibility index (Phi) is 4.13. The minimum Gasteiger partial charge on any atom is -0.456 e. The summed E-state index contributed by atoms with van der Waals surface area (Å²) in [6.07, 6.45) is 0. The Bertz CT molecular complexity index is 2640. The highest BCUT2D eigenvalue weighted by molar-refractivity contribution is 6.40. The van der Waals surface area contributed by atoms with Crippen LogP contribution in [-0.2, 0) is 0 Å². The van der Waals surface area contributed by atoms with Crippen LogP contribution in [-0.4, -0.2) is 4.57 Å². The molecule has 0 unspecified atom stereocenters. The molecule has 3 aromatic heterocycles. The van der Waals surface area contributed by atoms with E-state index in [1.165, 1.54) is 0 Å². The summed E-state index contributed by atoms with van der Waals surface area (Å²) in [5.41, 5.74) is 6.83. The quantitative estimate of drug-likeness (QED) is 0.201. The van der Waals surface area contributed by atoms with Crippen molar-refractivity contribution in [2.75, 3.05) is 0 Å². The van der Waals surface area contributed by atoms with Crippen molar-refractivity contribution in [3.8, 4) is 11.8 Å². The lowest BCUT2D eigenvalue weighted by Crippen LogP contribution is -1.95. The molecule has 0 bridgehead atoms. The van der Waals surface area contributed by atoms with E-state index in [1.54, 1.807) is 6.07 Å². The molecular weight excluding hydrogens is 506 g/mol. The van der Waals surface area contributed by atoms with E-state index < -0.39 is 0 Å². The molecule has 0 N–H and O–H groups in total. The highest BCUT2D eigenvalue weighted by Gasteiger charge is 2.25. The van der Waals surface area contributed by atoms with Crippen LogP contribution in [0.25, 0.3) is 87.0 Å². The molecule has 5 nitrogen and oxygen atoms in total. The Balaban J connectivity index is 1.65. The van der Waals surface area contributed by atoms with Gasteiger partial charge in [0, 0.05) is 49.0 Å². The molecule has 3 heterocycles. The van der Waals surface area contributed by atoms with Crippen LogP contribution < -0.4 is 0 Å². The molecule has 0 fully saturated rings. The molecule has 9 rings (SSSR count). The third-order valence-electron chi connectivity index (χ3n) is 8.16. The lowest BCUT2D eigenvalue weighted by Gasteiger charge is -2.12. The second-order valence-corrected chi connectivity index (χ2v) is 10.3. The number of furan rings is 2. The average Bonchev–Trinajstić information content (AvgIpc) is 3.70. The van der Waals surface area contributed by atoms with Crippen LogP contribution in [0.2, 0.25) is 0 Å². The Hall–Kier alpha value is -6.04. The van der Waals surface area contributed by atoms with E-state index in [0.717, 1.165) is 82.1 Å². The lowest BCUT2D eigenvalue weighted by atomic mass is 9.95.